The standard InChI is InChI=1S/C11H19N3O3S/c1-17-7-5-14(4-6-15)11(16)9-8-18-10(13-9)2-3-12/h8,15H,2-7,12H2,1H3. The molecular weight excluding hydrogens is 254 g/mol. The number of hydrogen-bond acceptors (Lipinski definition) is 6. The van der Waals surface area contributed by atoms with Crippen molar-refractivity contribution in [2.24, 2.45) is 5.73 Å². The molecule has 3 N–H and O–H groups in total. The molecule has 1 amide bonds. The zero-order valence-corrected chi connectivity index (χ0v) is 11.3. The molecular formula is C11H19N3O3S. The van der Waals surface area contributed by atoms with E-state index in [-0.39, 0.29) is 19.1 Å². The minimum atomic E-state index is -0.180. The van der Waals surface area contributed by atoms with Crippen LogP contribution in [0.4, 0.5) is 0 Å². The molecule has 0 aromatic carbocycles. The number of thiazole rings is 1. The fraction of sp³-hybridized carbons (Fsp3) is 0.636. The highest BCUT2D eigenvalue weighted by molar-refractivity contribution is 7.09. The number of methoxy groups -OCH3 is 1. The Balaban J connectivity index is 2.67. The van der Waals surface area contributed by atoms with E-state index in [9.17, 15) is 4.79 Å². The van der Waals surface area contributed by atoms with E-state index in [1.807, 2.05) is 0 Å². The minimum absolute atomic E-state index is 0.0742. The van der Waals surface area contributed by atoms with Crippen LogP contribution in [0, 0.1) is 0 Å². The Morgan fingerprint density at radius 2 is 2.39 bits per heavy atom. The number of aromatic nitrogens is 1. The summed E-state index contributed by atoms with van der Waals surface area (Å²) in [6.07, 6.45) is 0.677. The van der Waals surface area contributed by atoms with E-state index in [1.54, 1.807) is 12.5 Å². The fourth-order valence-corrected chi connectivity index (χ4v) is 2.23. The van der Waals surface area contributed by atoms with Crippen molar-refractivity contribution < 1.29 is 14.6 Å². The number of rotatable bonds is 8. The molecule has 0 atom stereocenters. The molecule has 0 bridgehead atoms. The van der Waals surface area contributed by atoms with Crippen LogP contribution in [-0.4, -0.2) is 60.9 Å². The number of ether oxygens (including phenoxy) is 1. The molecule has 0 radical (unpaired) electrons. The molecule has 1 heterocycles. The van der Waals surface area contributed by atoms with E-state index >= 15 is 0 Å². The van der Waals surface area contributed by atoms with Gasteiger partial charge in [-0.25, -0.2) is 4.98 Å². The van der Waals surface area contributed by atoms with Crippen molar-refractivity contribution in [3.05, 3.63) is 16.1 Å². The predicted octanol–water partition coefficient (Wildman–Crippen LogP) is -0.275. The number of carbonyl (C=O) groups excluding carboxylic acids is 1. The monoisotopic (exact) mass is 273 g/mol. The third-order valence-electron chi connectivity index (χ3n) is 2.35. The first-order chi connectivity index (χ1) is 8.72. The minimum Gasteiger partial charge on any atom is -0.395 e. The van der Waals surface area contributed by atoms with Crippen LogP contribution in [0.25, 0.3) is 0 Å². The maximum Gasteiger partial charge on any atom is 0.273 e. The Labute approximate surface area is 110 Å². The highest BCUT2D eigenvalue weighted by Gasteiger charge is 2.17. The van der Waals surface area contributed by atoms with Gasteiger partial charge < -0.3 is 20.5 Å². The predicted molar refractivity (Wildman–Crippen MR) is 69.7 cm³/mol. The lowest BCUT2D eigenvalue weighted by Gasteiger charge is -2.20. The van der Waals surface area contributed by atoms with Gasteiger partial charge in [0.15, 0.2) is 0 Å². The van der Waals surface area contributed by atoms with Gasteiger partial charge >= 0.3 is 0 Å². The summed E-state index contributed by atoms with van der Waals surface area (Å²) in [6.45, 7) is 1.61. The Hall–Kier alpha value is -1.02. The third-order valence-corrected chi connectivity index (χ3v) is 3.26. The molecule has 0 aliphatic carbocycles. The second-order valence-corrected chi connectivity index (χ2v) is 4.62. The third kappa shape index (κ3) is 4.34. The molecule has 1 aromatic heterocycles. The smallest absolute Gasteiger partial charge is 0.273 e. The number of nitrogens with zero attached hydrogens (tertiary/aromatic N) is 2. The summed E-state index contributed by atoms with van der Waals surface area (Å²) in [6, 6.07) is 0. The number of hydrogen-bond donors (Lipinski definition) is 2. The van der Waals surface area contributed by atoms with Gasteiger partial charge in [-0.1, -0.05) is 0 Å². The lowest BCUT2D eigenvalue weighted by atomic mass is 10.3. The lowest BCUT2D eigenvalue weighted by molar-refractivity contribution is 0.0651. The van der Waals surface area contributed by atoms with Gasteiger partial charge in [0.05, 0.1) is 18.2 Å². The molecule has 0 fully saturated rings. The van der Waals surface area contributed by atoms with Gasteiger partial charge in [0.25, 0.3) is 5.91 Å². The zero-order chi connectivity index (χ0) is 13.4. The first-order valence-electron chi connectivity index (χ1n) is 5.76. The Kier molecular flexibility index (Phi) is 6.81. The van der Waals surface area contributed by atoms with Gasteiger partial charge in [0.1, 0.15) is 5.69 Å². The quantitative estimate of drug-likeness (QED) is 0.680. The molecule has 102 valence electrons. The number of nitrogens with two attached hydrogens (primary N) is 1. The van der Waals surface area contributed by atoms with Crippen LogP contribution in [0.1, 0.15) is 15.5 Å². The van der Waals surface area contributed by atoms with Crippen molar-refractivity contribution in [2.75, 3.05) is 40.0 Å². The van der Waals surface area contributed by atoms with E-state index in [0.717, 1.165) is 5.01 Å². The number of carbonyl (C=O) groups is 1. The van der Waals surface area contributed by atoms with Gasteiger partial charge in [0.2, 0.25) is 0 Å². The number of aliphatic hydroxyl groups excluding tert-OH is 1. The van der Waals surface area contributed by atoms with E-state index in [2.05, 4.69) is 4.98 Å². The Bertz CT molecular complexity index is 370. The lowest BCUT2D eigenvalue weighted by Crippen LogP contribution is -2.36. The van der Waals surface area contributed by atoms with E-state index < -0.39 is 0 Å². The van der Waals surface area contributed by atoms with Crippen molar-refractivity contribution in [3.8, 4) is 0 Å². The maximum absolute atomic E-state index is 12.1. The number of amides is 1. The Morgan fingerprint density at radius 3 is 3.00 bits per heavy atom. The van der Waals surface area contributed by atoms with Gasteiger partial charge in [-0.15, -0.1) is 11.3 Å². The van der Waals surface area contributed by atoms with E-state index in [1.165, 1.54) is 16.2 Å². The van der Waals surface area contributed by atoms with Crippen molar-refractivity contribution in [3.63, 3.8) is 0 Å². The summed E-state index contributed by atoms with van der Waals surface area (Å²) in [5, 5.41) is 11.5. The molecule has 7 heteroatoms. The molecule has 0 aliphatic rings. The zero-order valence-electron chi connectivity index (χ0n) is 10.5. The average Bonchev–Trinajstić information content (AvgIpc) is 2.83. The van der Waals surface area contributed by atoms with Crippen LogP contribution in [0.2, 0.25) is 0 Å². The summed E-state index contributed by atoms with van der Waals surface area (Å²) in [7, 11) is 1.57. The fourth-order valence-electron chi connectivity index (χ4n) is 1.45. The summed E-state index contributed by atoms with van der Waals surface area (Å²) < 4.78 is 4.94. The van der Waals surface area contributed by atoms with Gasteiger partial charge in [0, 0.05) is 32.0 Å². The topological polar surface area (TPSA) is 88.7 Å². The summed E-state index contributed by atoms with van der Waals surface area (Å²) in [4.78, 5) is 17.9. The average molecular weight is 273 g/mol. The molecule has 6 nitrogen and oxygen atoms in total. The molecule has 0 spiro atoms. The molecule has 0 saturated heterocycles. The Morgan fingerprint density at radius 1 is 1.61 bits per heavy atom. The molecule has 0 saturated carbocycles. The molecule has 1 rings (SSSR count). The highest BCUT2D eigenvalue weighted by atomic mass is 32.1. The largest absolute Gasteiger partial charge is 0.395 e. The number of aliphatic hydroxyl groups is 1. The van der Waals surface area contributed by atoms with Crippen molar-refractivity contribution in [1.82, 2.24) is 9.88 Å². The normalized spacial score (nSPS) is 10.6. The first-order valence-corrected chi connectivity index (χ1v) is 6.64. The second-order valence-electron chi connectivity index (χ2n) is 3.67. The first kappa shape index (κ1) is 15.0. The molecule has 0 aliphatic heterocycles. The van der Waals surface area contributed by atoms with Crippen LogP contribution >= 0.6 is 11.3 Å². The van der Waals surface area contributed by atoms with Crippen LogP contribution in [0.5, 0.6) is 0 Å². The molecule has 0 unspecified atom stereocenters. The van der Waals surface area contributed by atoms with E-state index in [4.69, 9.17) is 15.6 Å². The summed E-state index contributed by atoms with van der Waals surface area (Å²) in [5.41, 5.74) is 5.85. The summed E-state index contributed by atoms with van der Waals surface area (Å²) >= 11 is 1.43. The maximum atomic E-state index is 12.1. The van der Waals surface area contributed by atoms with Crippen LogP contribution in [0.15, 0.2) is 5.38 Å². The van der Waals surface area contributed by atoms with Crippen LogP contribution in [-0.2, 0) is 11.2 Å². The van der Waals surface area contributed by atoms with E-state index in [0.29, 0.717) is 31.8 Å². The molecule has 1 aromatic rings. The SMILES string of the molecule is COCCN(CCO)C(=O)c1csc(CCN)n1. The van der Waals surface area contributed by atoms with Gasteiger partial charge in [-0.2, -0.15) is 0 Å². The second kappa shape index (κ2) is 8.15. The van der Waals surface area contributed by atoms with Crippen molar-refractivity contribution >= 4 is 17.2 Å². The molecule has 18 heavy (non-hydrogen) atoms. The summed E-state index contributed by atoms with van der Waals surface area (Å²) in [5.74, 6) is -0.180. The van der Waals surface area contributed by atoms with Crippen LogP contribution in [0.3, 0.4) is 0 Å². The van der Waals surface area contributed by atoms with Gasteiger partial charge in [-0.05, 0) is 6.54 Å². The van der Waals surface area contributed by atoms with Gasteiger partial charge in [-0.3, -0.25) is 4.79 Å². The van der Waals surface area contributed by atoms with Crippen LogP contribution < -0.4 is 5.73 Å². The van der Waals surface area contributed by atoms with Crippen molar-refractivity contribution in [2.45, 2.75) is 6.42 Å². The highest BCUT2D eigenvalue weighted by Crippen LogP contribution is 2.12. The van der Waals surface area contributed by atoms with Crippen molar-refractivity contribution in [1.29, 1.82) is 0 Å².